The van der Waals surface area contributed by atoms with E-state index in [4.69, 9.17) is 4.28 Å². The number of benzene rings is 1. The average Bonchev–Trinajstić information content (AvgIpc) is 2.23. The van der Waals surface area contributed by atoms with Crippen molar-refractivity contribution in [1.29, 1.82) is 0 Å². The highest BCUT2D eigenvalue weighted by atomic mass is 33.2. The van der Waals surface area contributed by atoms with Crippen LogP contribution in [-0.4, -0.2) is 8.42 Å². The normalized spacial score (nSPS) is 27.6. The number of hydrazine groups is 1. The second-order valence-electron chi connectivity index (χ2n) is 2.29. The molecule has 1 aromatic carbocycles. The van der Waals surface area contributed by atoms with Gasteiger partial charge in [-0.05, 0) is 12.1 Å². The summed E-state index contributed by atoms with van der Waals surface area (Å²) in [7, 11) is -3.98. The lowest BCUT2D eigenvalue weighted by Gasteiger charge is -2.24. The molecular weight excluding hydrogens is 228 g/mol. The molecule has 1 fully saturated rings. The van der Waals surface area contributed by atoms with E-state index in [1.807, 2.05) is 6.07 Å². The van der Waals surface area contributed by atoms with Crippen molar-refractivity contribution in [3.8, 4) is 0 Å². The minimum Gasteiger partial charge on any atom is -0.211 e. The van der Waals surface area contributed by atoms with E-state index in [0.717, 1.165) is 5.17 Å². The Morgan fingerprint density at radius 3 is 2.50 bits per heavy atom. The molecule has 0 spiro atoms. The summed E-state index contributed by atoms with van der Waals surface area (Å²) in [4.78, 5) is 0. The van der Waals surface area contributed by atoms with Crippen molar-refractivity contribution in [1.82, 2.24) is 5.59 Å². The van der Waals surface area contributed by atoms with E-state index in [1.165, 1.54) is 0 Å². The average molecular weight is 234 g/mol. The molecule has 2 atom stereocenters. The SMILES string of the molecule is O=S1ONN(c2ccccc2)OS1=O. The van der Waals surface area contributed by atoms with Crippen LogP contribution in [-0.2, 0) is 28.8 Å². The van der Waals surface area contributed by atoms with Gasteiger partial charge in [0.1, 0.15) is 0 Å². The molecule has 0 amide bonds. The van der Waals surface area contributed by atoms with E-state index in [9.17, 15) is 8.42 Å². The predicted octanol–water partition coefficient (Wildman–Crippen LogP) is 0.117. The fraction of sp³-hybridized carbons (Fsp3) is 0. The van der Waals surface area contributed by atoms with E-state index in [0.29, 0.717) is 5.69 Å². The monoisotopic (exact) mass is 234 g/mol. The highest BCUT2D eigenvalue weighted by Gasteiger charge is 2.25. The molecule has 76 valence electrons. The fourth-order valence-corrected chi connectivity index (χ4v) is 1.91. The van der Waals surface area contributed by atoms with Crippen LogP contribution in [0.2, 0.25) is 0 Å². The molecular formula is C6H6N2O4S2. The first-order chi connectivity index (χ1) is 6.77. The Hall–Kier alpha value is -0.800. The second kappa shape index (κ2) is 4.15. The van der Waals surface area contributed by atoms with Crippen molar-refractivity contribution in [2.45, 2.75) is 0 Å². The van der Waals surface area contributed by atoms with Gasteiger partial charge >= 0.3 is 10.1 Å². The second-order valence-corrected chi connectivity index (χ2v) is 5.05. The van der Waals surface area contributed by atoms with Crippen molar-refractivity contribution < 1.29 is 17.0 Å². The molecule has 2 rings (SSSR count). The van der Waals surface area contributed by atoms with Gasteiger partial charge in [-0.25, -0.2) is 8.42 Å². The number of hydrogen-bond donors (Lipinski definition) is 1. The zero-order valence-electron chi connectivity index (χ0n) is 6.78. The lowest BCUT2D eigenvalue weighted by molar-refractivity contribution is 0.0987. The number of anilines is 1. The van der Waals surface area contributed by atoms with Crippen molar-refractivity contribution in [3.05, 3.63) is 30.3 Å². The Morgan fingerprint density at radius 1 is 1.14 bits per heavy atom. The largest absolute Gasteiger partial charge is 0.303 e. The minimum absolute atomic E-state index is 0.595. The van der Waals surface area contributed by atoms with Crippen LogP contribution in [0.5, 0.6) is 0 Å². The summed E-state index contributed by atoms with van der Waals surface area (Å²) < 4.78 is 30.9. The number of nitrogens with one attached hydrogen (secondary N) is 1. The minimum atomic E-state index is -2.00. The topological polar surface area (TPSA) is 67.9 Å². The van der Waals surface area contributed by atoms with E-state index < -0.39 is 20.2 Å². The third-order valence-electron chi connectivity index (χ3n) is 1.43. The lowest BCUT2D eigenvalue weighted by Crippen LogP contribution is -2.44. The Bertz CT molecular complexity index is 371. The number of rotatable bonds is 1. The molecule has 1 saturated heterocycles. The van der Waals surface area contributed by atoms with E-state index in [2.05, 4.69) is 9.87 Å². The number of para-hydroxylation sites is 1. The first-order valence-electron chi connectivity index (χ1n) is 3.58. The zero-order valence-corrected chi connectivity index (χ0v) is 8.42. The van der Waals surface area contributed by atoms with Gasteiger partial charge in [0, 0.05) is 0 Å². The van der Waals surface area contributed by atoms with E-state index in [-0.39, 0.29) is 0 Å². The molecule has 0 bridgehead atoms. The van der Waals surface area contributed by atoms with Gasteiger partial charge in [0.25, 0.3) is 10.1 Å². The first-order valence-corrected chi connectivity index (χ1v) is 6.24. The summed E-state index contributed by atoms with van der Waals surface area (Å²) in [6.07, 6.45) is 0. The summed E-state index contributed by atoms with van der Waals surface area (Å²) in [6, 6.07) is 8.79. The maximum atomic E-state index is 11.0. The van der Waals surface area contributed by atoms with Gasteiger partial charge in [0.15, 0.2) is 0 Å². The molecule has 6 nitrogen and oxygen atoms in total. The molecule has 1 heterocycles. The summed E-state index contributed by atoms with van der Waals surface area (Å²) in [6.45, 7) is 0. The van der Waals surface area contributed by atoms with Crippen LogP contribution in [0.4, 0.5) is 5.69 Å². The van der Waals surface area contributed by atoms with E-state index in [1.54, 1.807) is 24.3 Å². The van der Waals surface area contributed by atoms with Gasteiger partial charge in [-0.1, -0.05) is 23.8 Å². The Balaban J connectivity index is 2.14. The van der Waals surface area contributed by atoms with Gasteiger partial charge in [-0.3, -0.25) is 0 Å². The van der Waals surface area contributed by atoms with Crippen LogP contribution in [0.3, 0.4) is 0 Å². The van der Waals surface area contributed by atoms with Gasteiger partial charge in [-0.15, -0.1) is 9.46 Å². The summed E-state index contributed by atoms with van der Waals surface area (Å²) in [5, 5.41) is 1.04. The molecule has 2 unspecified atom stereocenters. The van der Waals surface area contributed by atoms with Crippen LogP contribution in [0.1, 0.15) is 0 Å². The molecule has 1 aliphatic heterocycles. The molecule has 1 N–H and O–H groups in total. The van der Waals surface area contributed by atoms with Gasteiger partial charge in [0.2, 0.25) is 0 Å². The van der Waals surface area contributed by atoms with Crippen LogP contribution in [0.25, 0.3) is 0 Å². The summed E-state index contributed by atoms with van der Waals surface area (Å²) in [5.74, 6) is 0. The standard InChI is InChI=1S/C6H6N2O4S2/c9-13-11-7-8(12-14(13)10)6-4-2-1-3-5-6/h1-5,7H. The third kappa shape index (κ3) is 1.99. The predicted molar refractivity (Wildman–Crippen MR) is 50.5 cm³/mol. The van der Waals surface area contributed by atoms with Crippen LogP contribution < -0.4 is 10.8 Å². The summed E-state index contributed by atoms with van der Waals surface area (Å²) in [5.41, 5.74) is 2.83. The van der Waals surface area contributed by atoms with Crippen molar-refractivity contribution in [3.63, 3.8) is 0 Å². The molecule has 0 saturated carbocycles. The highest BCUT2D eigenvalue weighted by molar-refractivity contribution is 8.57. The molecule has 8 heteroatoms. The molecule has 1 aliphatic rings. The van der Waals surface area contributed by atoms with Crippen LogP contribution >= 0.6 is 0 Å². The zero-order chi connectivity index (χ0) is 9.97. The van der Waals surface area contributed by atoms with Gasteiger partial charge in [0.05, 0.1) is 5.69 Å². The lowest BCUT2D eigenvalue weighted by atomic mass is 10.3. The Labute approximate surface area is 84.4 Å². The quantitative estimate of drug-likeness (QED) is 0.696. The third-order valence-corrected chi connectivity index (χ3v) is 3.18. The van der Waals surface area contributed by atoms with E-state index >= 15 is 0 Å². The smallest absolute Gasteiger partial charge is 0.211 e. The Morgan fingerprint density at radius 2 is 1.86 bits per heavy atom. The van der Waals surface area contributed by atoms with Crippen LogP contribution in [0.15, 0.2) is 30.3 Å². The van der Waals surface area contributed by atoms with Crippen molar-refractivity contribution in [2.24, 2.45) is 0 Å². The molecule has 14 heavy (non-hydrogen) atoms. The number of nitrogens with zero attached hydrogens (tertiary/aromatic N) is 1. The fourth-order valence-electron chi connectivity index (χ4n) is 0.852. The van der Waals surface area contributed by atoms with Gasteiger partial charge in [-0.2, -0.15) is 4.28 Å². The number of hydrogen-bond acceptors (Lipinski definition) is 6. The maximum Gasteiger partial charge on any atom is 0.303 e. The van der Waals surface area contributed by atoms with Crippen LogP contribution in [0, 0.1) is 0 Å². The molecule has 0 aromatic heterocycles. The maximum absolute atomic E-state index is 11.0. The Kier molecular flexibility index (Phi) is 2.89. The summed E-state index contributed by atoms with van der Waals surface area (Å²) >= 11 is 0. The first kappa shape index (κ1) is 9.74. The molecule has 0 radical (unpaired) electrons. The van der Waals surface area contributed by atoms with Crippen molar-refractivity contribution >= 4 is 25.9 Å². The van der Waals surface area contributed by atoms with Gasteiger partial charge < -0.3 is 0 Å². The molecule has 0 aliphatic carbocycles. The highest BCUT2D eigenvalue weighted by Crippen LogP contribution is 2.16. The van der Waals surface area contributed by atoms with Crippen molar-refractivity contribution in [2.75, 3.05) is 5.17 Å². The molecule has 1 aromatic rings.